The van der Waals surface area contributed by atoms with Crippen molar-refractivity contribution < 1.29 is 13.5 Å². The second-order valence-electron chi connectivity index (χ2n) is 5.40. The molecule has 1 aliphatic heterocycles. The third-order valence-electron chi connectivity index (χ3n) is 3.86. The van der Waals surface area contributed by atoms with Gasteiger partial charge in [0.05, 0.1) is 15.7 Å². The molecule has 0 aliphatic carbocycles. The zero-order valence-electron chi connectivity index (χ0n) is 12.8. The van der Waals surface area contributed by atoms with Crippen molar-refractivity contribution in [1.29, 1.82) is 5.26 Å². The number of rotatable bonds is 5. The molecule has 2 aromatic rings. The molecular formula is C16H16N2O3S3. The minimum absolute atomic E-state index is 0.153. The molecule has 1 atom stereocenters. The number of benzene rings is 1. The van der Waals surface area contributed by atoms with E-state index in [9.17, 15) is 13.5 Å². The van der Waals surface area contributed by atoms with Gasteiger partial charge in [0.1, 0.15) is 10.9 Å². The number of thiophene rings is 1. The van der Waals surface area contributed by atoms with E-state index in [2.05, 4.69) is 6.07 Å². The summed E-state index contributed by atoms with van der Waals surface area (Å²) in [5.74, 6) is 0. The molecule has 8 heteroatoms. The zero-order valence-corrected chi connectivity index (χ0v) is 15.2. The van der Waals surface area contributed by atoms with Gasteiger partial charge in [-0.2, -0.15) is 9.57 Å². The van der Waals surface area contributed by atoms with Gasteiger partial charge in [-0.25, -0.2) is 8.42 Å². The summed E-state index contributed by atoms with van der Waals surface area (Å²) < 4.78 is 28.0. The van der Waals surface area contributed by atoms with E-state index in [0.29, 0.717) is 17.8 Å². The highest BCUT2D eigenvalue weighted by Gasteiger charge is 2.34. The molecule has 1 fully saturated rings. The maximum Gasteiger partial charge on any atom is 0.243 e. The molecule has 1 aromatic carbocycles. The van der Waals surface area contributed by atoms with Crippen molar-refractivity contribution in [2.75, 3.05) is 13.2 Å². The Morgan fingerprint density at radius 2 is 2.21 bits per heavy atom. The maximum absolute atomic E-state index is 12.8. The molecule has 1 aliphatic rings. The lowest BCUT2D eigenvalue weighted by molar-refractivity contribution is 0.213. The molecule has 0 spiro atoms. The maximum atomic E-state index is 12.8. The second-order valence-corrected chi connectivity index (χ2v) is 9.75. The van der Waals surface area contributed by atoms with Crippen LogP contribution < -0.4 is 0 Å². The van der Waals surface area contributed by atoms with Crippen LogP contribution in [0.4, 0.5) is 0 Å². The minimum atomic E-state index is -3.60. The summed E-state index contributed by atoms with van der Waals surface area (Å²) in [6.45, 7) is 0.293. The first-order valence-electron chi connectivity index (χ1n) is 7.45. The molecule has 0 saturated carbocycles. The Morgan fingerprint density at radius 3 is 2.92 bits per heavy atom. The van der Waals surface area contributed by atoms with Crippen molar-refractivity contribution >= 4 is 33.1 Å². The third-order valence-corrected chi connectivity index (χ3v) is 7.92. The standard InChI is InChI=1S/C16H16N2O3S3/c17-10-14-6-7-16(23-14)22-13-4-1-5-15(9-13)24(20,21)18-8-2-3-12(18)11-19/h1,4-7,9,12,19H,2-3,8,11H2/t12-/m0/s1. The number of sulfonamides is 1. The van der Waals surface area contributed by atoms with Crippen molar-refractivity contribution in [3.05, 3.63) is 41.3 Å². The Morgan fingerprint density at radius 1 is 1.38 bits per heavy atom. The summed E-state index contributed by atoms with van der Waals surface area (Å²) in [7, 11) is -3.60. The van der Waals surface area contributed by atoms with Gasteiger partial charge in [0.15, 0.2) is 0 Å². The first-order valence-corrected chi connectivity index (χ1v) is 10.5. The molecule has 1 N–H and O–H groups in total. The van der Waals surface area contributed by atoms with Crippen LogP contribution in [0.25, 0.3) is 0 Å². The van der Waals surface area contributed by atoms with E-state index in [0.717, 1.165) is 15.5 Å². The predicted molar refractivity (Wildman–Crippen MR) is 93.6 cm³/mol. The number of hydrogen-bond acceptors (Lipinski definition) is 6. The Kier molecular flexibility index (Phi) is 5.27. The van der Waals surface area contributed by atoms with Crippen LogP contribution in [-0.2, 0) is 10.0 Å². The molecule has 0 radical (unpaired) electrons. The summed E-state index contributed by atoms with van der Waals surface area (Å²) >= 11 is 2.82. The average Bonchev–Trinajstić information content (AvgIpc) is 3.24. The highest BCUT2D eigenvalue weighted by Crippen LogP contribution is 2.35. The van der Waals surface area contributed by atoms with Gasteiger partial charge in [0.2, 0.25) is 10.0 Å². The fraction of sp³-hybridized carbons (Fsp3) is 0.312. The highest BCUT2D eigenvalue weighted by molar-refractivity contribution is 8.01. The molecular weight excluding hydrogens is 364 g/mol. The van der Waals surface area contributed by atoms with Crippen LogP contribution in [0.3, 0.4) is 0 Å². The average molecular weight is 381 g/mol. The largest absolute Gasteiger partial charge is 0.395 e. The van der Waals surface area contributed by atoms with E-state index in [4.69, 9.17) is 5.26 Å². The first kappa shape index (κ1) is 17.5. The zero-order chi connectivity index (χ0) is 17.2. The summed E-state index contributed by atoms with van der Waals surface area (Å²) in [6.07, 6.45) is 1.46. The van der Waals surface area contributed by atoms with E-state index in [1.807, 2.05) is 12.1 Å². The van der Waals surface area contributed by atoms with Crippen LogP contribution in [0.1, 0.15) is 17.7 Å². The molecule has 3 rings (SSSR count). The Balaban J connectivity index is 1.85. The lowest BCUT2D eigenvalue weighted by Crippen LogP contribution is -2.37. The Hall–Kier alpha value is -1.37. The van der Waals surface area contributed by atoms with E-state index in [-0.39, 0.29) is 17.5 Å². The van der Waals surface area contributed by atoms with Gasteiger partial charge in [0, 0.05) is 17.5 Å². The molecule has 2 heterocycles. The van der Waals surface area contributed by atoms with Gasteiger partial charge in [-0.15, -0.1) is 11.3 Å². The molecule has 0 bridgehead atoms. The van der Waals surface area contributed by atoms with Crippen molar-refractivity contribution in [2.45, 2.75) is 32.9 Å². The molecule has 1 saturated heterocycles. The van der Waals surface area contributed by atoms with Gasteiger partial charge in [-0.1, -0.05) is 17.8 Å². The third kappa shape index (κ3) is 3.50. The van der Waals surface area contributed by atoms with Crippen LogP contribution in [-0.4, -0.2) is 37.0 Å². The summed E-state index contributed by atoms with van der Waals surface area (Å²) in [4.78, 5) is 1.68. The number of hydrogen-bond donors (Lipinski definition) is 1. The van der Waals surface area contributed by atoms with E-state index < -0.39 is 10.0 Å². The van der Waals surface area contributed by atoms with Crippen LogP contribution >= 0.6 is 23.1 Å². The molecule has 1 aromatic heterocycles. The second kappa shape index (κ2) is 7.25. The fourth-order valence-corrected chi connectivity index (χ4v) is 6.46. The van der Waals surface area contributed by atoms with Crippen LogP contribution in [0.15, 0.2) is 50.4 Å². The topological polar surface area (TPSA) is 81.4 Å². The summed E-state index contributed by atoms with van der Waals surface area (Å²) in [5.41, 5.74) is 0. The van der Waals surface area contributed by atoms with Gasteiger partial charge >= 0.3 is 0 Å². The van der Waals surface area contributed by atoms with Crippen LogP contribution in [0.5, 0.6) is 0 Å². The van der Waals surface area contributed by atoms with Gasteiger partial charge in [-0.3, -0.25) is 0 Å². The minimum Gasteiger partial charge on any atom is -0.395 e. The SMILES string of the molecule is N#Cc1ccc(Sc2cccc(S(=O)(=O)N3CCC[C@H]3CO)c2)s1. The molecule has 5 nitrogen and oxygen atoms in total. The number of aliphatic hydroxyl groups excluding tert-OH is 1. The van der Waals surface area contributed by atoms with E-state index in [1.54, 1.807) is 24.3 Å². The molecule has 0 unspecified atom stereocenters. The molecule has 24 heavy (non-hydrogen) atoms. The first-order chi connectivity index (χ1) is 11.5. The Labute approximate surface area is 149 Å². The van der Waals surface area contributed by atoms with Gasteiger partial charge < -0.3 is 5.11 Å². The smallest absolute Gasteiger partial charge is 0.243 e. The van der Waals surface area contributed by atoms with Gasteiger partial charge in [-0.05, 0) is 43.2 Å². The normalized spacial score (nSPS) is 18.6. The lowest BCUT2D eigenvalue weighted by Gasteiger charge is -2.22. The quantitative estimate of drug-likeness (QED) is 0.862. The number of nitriles is 1. The lowest BCUT2D eigenvalue weighted by atomic mass is 10.2. The predicted octanol–water partition coefficient (Wildman–Crippen LogP) is 2.92. The van der Waals surface area contributed by atoms with Crippen LogP contribution in [0.2, 0.25) is 0 Å². The van der Waals surface area contributed by atoms with E-state index >= 15 is 0 Å². The summed E-state index contributed by atoms with van der Waals surface area (Å²) in [5, 5.41) is 18.3. The van der Waals surface area contributed by atoms with Crippen LogP contribution in [0, 0.1) is 11.3 Å². The fourth-order valence-electron chi connectivity index (χ4n) is 2.69. The molecule has 0 amide bonds. The van der Waals surface area contributed by atoms with Crippen molar-refractivity contribution in [2.24, 2.45) is 0 Å². The Bertz CT molecular complexity index is 871. The molecule has 126 valence electrons. The van der Waals surface area contributed by atoms with Crippen molar-refractivity contribution in [3.63, 3.8) is 0 Å². The van der Waals surface area contributed by atoms with Crippen molar-refractivity contribution in [1.82, 2.24) is 4.31 Å². The number of nitrogens with zero attached hydrogens (tertiary/aromatic N) is 2. The summed E-state index contributed by atoms with van der Waals surface area (Å²) in [6, 6.07) is 12.2. The monoisotopic (exact) mass is 380 g/mol. The number of aliphatic hydroxyl groups is 1. The van der Waals surface area contributed by atoms with E-state index in [1.165, 1.54) is 27.4 Å². The van der Waals surface area contributed by atoms with Crippen molar-refractivity contribution in [3.8, 4) is 6.07 Å². The van der Waals surface area contributed by atoms with Gasteiger partial charge in [0.25, 0.3) is 0 Å². The highest BCUT2D eigenvalue weighted by atomic mass is 32.2.